The van der Waals surface area contributed by atoms with Gasteiger partial charge in [0.25, 0.3) is 0 Å². The van der Waals surface area contributed by atoms with Crippen LogP contribution in [-0.4, -0.2) is 21.3 Å². The van der Waals surface area contributed by atoms with Crippen molar-refractivity contribution in [2.45, 2.75) is 69.6 Å². The summed E-state index contributed by atoms with van der Waals surface area (Å²) in [6.07, 6.45) is 11.8. The normalized spacial score (nSPS) is 21.0. The number of carbonyl (C=O) groups excluding carboxylic acids is 1. The number of para-hydroxylation sites is 1. The summed E-state index contributed by atoms with van der Waals surface area (Å²) in [4.78, 5) is 12.5. The molecule has 0 bridgehead atoms. The van der Waals surface area contributed by atoms with Crippen molar-refractivity contribution < 1.29 is 9.53 Å². The average Bonchev–Trinajstić information content (AvgIpc) is 3.16. The third kappa shape index (κ3) is 3.76. The smallest absolute Gasteiger partial charge is 0.220 e. The van der Waals surface area contributed by atoms with Crippen LogP contribution in [0, 0.1) is 0 Å². The SMILES string of the molecule is O=C(CCCn1cccn1)N[C@@H]1CC2(CCCCC2)Oc2ccccc21. The molecule has 1 aliphatic heterocycles. The van der Waals surface area contributed by atoms with E-state index in [1.54, 1.807) is 6.20 Å². The van der Waals surface area contributed by atoms with Gasteiger partial charge in [0.2, 0.25) is 5.91 Å². The van der Waals surface area contributed by atoms with Crippen LogP contribution in [0.5, 0.6) is 5.75 Å². The van der Waals surface area contributed by atoms with Gasteiger partial charge < -0.3 is 10.1 Å². The van der Waals surface area contributed by atoms with Crippen molar-refractivity contribution in [2.24, 2.45) is 0 Å². The zero-order chi connectivity index (χ0) is 17.8. The second-order valence-electron chi connectivity index (χ2n) is 7.58. The van der Waals surface area contributed by atoms with Crippen molar-refractivity contribution >= 4 is 5.91 Å². The number of hydrogen-bond acceptors (Lipinski definition) is 3. The van der Waals surface area contributed by atoms with E-state index in [-0.39, 0.29) is 17.6 Å². The fourth-order valence-electron chi connectivity index (χ4n) is 4.35. The molecule has 1 atom stereocenters. The highest BCUT2D eigenvalue weighted by Gasteiger charge is 2.42. The van der Waals surface area contributed by atoms with Gasteiger partial charge in [-0.3, -0.25) is 9.48 Å². The number of amides is 1. The first kappa shape index (κ1) is 17.1. The molecule has 138 valence electrons. The number of aromatic nitrogens is 2. The standard InChI is InChI=1S/C21H27N3O2/c25-20(10-6-14-24-15-7-13-22-24)23-18-16-21(11-4-1-5-12-21)26-19-9-3-2-8-17(18)19/h2-3,7-9,13,15,18H,1,4-6,10-12,14,16H2,(H,23,25)/t18-/m1/s1. The molecule has 2 aromatic rings. The van der Waals surface area contributed by atoms with Crippen LogP contribution in [-0.2, 0) is 11.3 Å². The highest BCUT2D eigenvalue weighted by atomic mass is 16.5. The molecule has 1 fully saturated rings. The maximum absolute atomic E-state index is 12.5. The van der Waals surface area contributed by atoms with Crippen LogP contribution in [0.4, 0.5) is 0 Å². The highest BCUT2D eigenvalue weighted by Crippen LogP contribution is 2.46. The van der Waals surface area contributed by atoms with E-state index in [4.69, 9.17) is 4.74 Å². The largest absolute Gasteiger partial charge is 0.487 e. The van der Waals surface area contributed by atoms with Crippen molar-refractivity contribution in [1.29, 1.82) is 0 Å². The number of benzene rings is 1. The van der Waals surface area contributed by atoms with Gasteiger partial charge in [-0.25, -0.2) is 0 Å². The van der Waals surface area contributed by atoms with E-state index in [9.17, 15) is 4.79 Å². The van der Waals surface area contributed by atoms with Crippen molar-refractivity contribution in [3.63, 3.8) is 0 Å². The quantitative estimate of drug-likeness (QED) is 0.884. The van der Waals surface area contributed by atoms with Gasteiger partial charge in [-0.2, -0.15) is 5.10 Å². The monoisotopic (exact) mass is 353 g/mol. The van der Waals surface area contributed by atoms with Crippen molar-refractivity contribution in [2.75, 3.05) is 0 Å². The van der Waals surface area contributed by atoms with E-state index in [1.807, 2.05) is 35.1 Å². The molecule has 1 saturated carbocycles. The van der Waals surface area contributed by atoms with E-state index in [1.165, 1.54) is 19.3 Å². The zero-order valence-corrected chi connectivity index (χ0v) is 15.2. The van der Waals surface area contributed by atoms with Crippen LogP contribution in [0.25, 0.3) is 0 Å². The topological polar surface area (TPSA) is 56.2 Å². The Balaban J connectivity index is 1.41. The molecule has 0 unspecified atom stereocenters. The van der Waals surface area contributed by atoms with E-state index in [2.05, 4.69) is 16.5 Å². The van der Waals surface area contributed by atoms with Gasteiger partial charge in [-0.15, -0.1) is 0 Å². The second kappa shape index (κ2) is 7.52. The van der Waals surface area contributed by atoms with Crippen LogP contribution in [0.3, 0.4) is 0 Å². The molecule has 1 aromatic carbocycles. The minimum Gasteiger partial charge on any atom is -0.487 e. The van der Waals surface area contributed by atoms with Gasteiger partial charge in [0, 0.05) is 37.3 Å². The minimum atomic E-state index is -0.0976. The van der Waals surface area contributed by atoms with Gasteiger partial charge in [0.15, 0.2) is 0 Å². The first-order valence-corrected chi connectivity index (χ1v) is 9.79. The van der Waals surface area contributed by atoms with Gasteiger partial charge in [-0.05, 0) is 44.2 Å². The summed E-state index contributed by atoms with van der Waals surface area (Å²) in [7, 11) is 0. The van der Waals surface area contributed by atoms with E-state index in [0.29, 0.717) is 6.42 Å². The molecule has 26 heavy (non-hydrogen) atoms. The number of fused-ring (bicyclic) bond motifs is 1. The summed E-state index contributed by atoms with van der Waals surface area (Å²) in [6.45, 7) is 0.773. The summed E-state index contributed by atoms with van der Waals surface area (Å²) in [5.74, 6) is 1.06. The van der Waals surface area contributed by atoms with Crippen molar-refractivity contribution in [1.82, 2.24) is 15.1 Å². The van der Waals surface area contributed by atoms with Crippen LogP contribution in [0.1, 0.15) is 63.0 Å². The third-order valence-corrected chi connectivity index (χ3v) is 5.65. The van der Waals surface area contributed by atoms with Crippen LogP contribution in [0.2, 0.25) is 0 Å². The fourth-order valence-corrected chi connectivity index (χ4v) is 4.35. The Kier molecular flexibility index (Phi) is 4.96. The zero-order valence-electron chi connectivity index (χ0n) is 15.2. The minimum absolute atomic E-state index is 0.0512. The number of hydrogen-bond donors (Lipinski definition) is 1. The van der Waals surface area contributed by atoms with Gasteiger partial charge in [0.1, 0.15) is 11.4 Å². The van der Waals surface area contributed by atoms with Crippen molar-refractivity contribution in [3.8, 4) is 5.75 Å². The molecule has 5 nitrogen and oxygen atoms in total. The van der Waals surface area contributed by atoms with Crippen molar-refractivity contribution in [3.05, 3.63) is 48.3 Å². The molecule has 1 N–H and O–H groups in total. The highest BCUT2D eigenvalue weighted by molar-refractivity contribution is 5.76. The van der Waals surface area contributed by atoms with E-state index >= 15 is 0 Å². The maximum Gasteiger partial charge on any atom is 0.220 e. The predicted octanol–water partition coefficient (Wildman–Crippen LogP) is 4.01. The Labute approximate surface area is 154 Å². The van der Waals surface area contributed by atoms with Crippen LogP contribution in [0.15, 0.2) is 42.7 Å². The lowest BCUT2D eigenvalue weighted by Gasteiger charge is -2.44. The predicted molar refractivity (Wildman–Crippen MR) is 99.8 cm³/mol. The van der Waals surface area contributed by atoms with E-state index in [0.717, 1.165) is 43.5 Å². The molecular formula is C21H27N3O2. The fraction of sp³-hybridized carbons (Fsp3) is 0.524. The molecule has 4 rings (SSSR count). The molecule has 1 aromatic heterocycles. The molecule has 2 heterocycles. The summed E-state index contributed by atoms with van der Waals surface area (Å²) < 4.78 is 8.31. The average molecular weight is 353 g/mol. The summed E-state index contributed by atoms with van der Waals surface area (Å²) in [5.41, 5.74) is 1.02. The molecular weight excluding hydrogens is 326 g/mol. The van der Waals surface area contributed by atoms with Gasteiger partial charge >= 0.3 is 0 Å². The first-order valence-electron chi connectivity index (χ1n) is 9.79. The lowest BCUT2D eigenvalue weighted by Crippen LogP contribution is -2.46. The number of nitrogens with zero attached hydrogens (tertiary/aromatic N) is 2. The van der Waals surface area contributed by atoms with E-state index < -0.39 is 0 Å². The molecule has 0 radical (unpaired) electrons. The lowest BCUT2D eigenvalue weighted by molar-refractivity contribution is -0.122. The molecule has 1 aliphatic carbocycles. The van der Waals surface area contributed by atoms with Crippen LogP contribution >= 0.6 is 0 Å². The summed E-state index contributed by atoms with van der Waals surface area (Å²) in [6, 6.07) is 10.1. The maximum atomic E-state index is 12.5. The molecule has 0 saturated heterocycles. The molecule has 2 aliphatic rings. The van der Waals surface area contributed by atoms with Crippen LogP contribution < -0.4 is 10.1 Å². The molecule has 1 amide bonds. The third-order valence-electron chi connectivity index (χ3n) is 5.65. The van der Waals surface area contributed by atoms with Gasteiger partial charge in [0.05, 0.1) is 6.04 Å². The first-order chi connectivity index (χ1) is 12.7. The molecule has 1 spiro atoms. The second-order valence-corrected chi connectivity index (χ2v) is 7.58. The Morgan fingerprint density at radius 2 is 2.08 bits per heavy atom. The summed E-state index contributed by atoms with van der Waals surface area (Å²) in [5, 5.41) is 7.46. The molecule has 5 heteroatoms. The number of ether oxygens (including phenoxy) is 1. The Morgan fingerprint density at radius 1 is 1.23 bits per heavy atom. The number of rotatable bonds is 5. The Morgan fingerprint density at radius 3 is 2.88 bits per heavy atom. The number of carbonyl (C=O) groups is 1. The number of nitrogens with one attached hydrogen (secondary N) is 1. The van der Waals surface area contributed by atoms with Gasteiger partial charge in [-0.1, -0.05) is 24.6 Å². The summed E-state index contributed by atoms with van der Waals surface area (Å²) >= 11 is 0. The number of aryl methyl sites for hydroxylation is 1. The Bertz CT molecular complexity index is 735. The Hall–Kier alpha value is -2.30. The lowest BCUT2D eigenvalue weighted by atomic mass is 9.77.